The molecule has 0 aliphatic heterocycles. The molecule has 0 aliphatic rings. The molecule has 2 aromatic rings. The fraction of sp³-hybridized carbons (Fsp3) is 0.0909. The lowest BCUT2D eigenvalue weighted by Crippen LogP contribution is -1.94. The van der Waals surface area contributed by atoms with Gasteiger partial charge in [-0.1, -0.05) is 12.1 Å². The minimum Gasteiger partial charge on any atom is -0.398 e. The fourth-order valence-electron chi connectivity index (χ4n) is 1.77. The molecule has 2 rings (SSSR count). The molecule has 0 spiro atoms. The van der Waals surface area contributed by atoms with Crippen LogP contribution in [0.5, 0.6) is 0 Å². The highest BCUT2D eigenvalue weighted by molar-refractivity contribution is 6.00. The van der Waals surface area contributed by atoms with Crippen LogP contribution in [0.1, 0.15) is 5.56 Å². The molecule has 0 saturated heterocycles. The molecule has 0 heterocycles. The van der Waals surface area contributed by atoms with Crippen molar-refractivity contribution in [3.8, 4) is 0 Å². The third-order valence-corrected chi connectivity index (χ3v) is 2.45. The van der Waals surface area contributed by atoms with Crippen molar-refractivity contribution in [2.24, 2.45) is 0 Å². The first-order chi connectivity index (χ1) is 7.11. The molecule has 0 aromatic heterocycles. The lowest BCUT2D eigenvalue weighted by molar-refractivity contribution is -0.383. The van der Waals surface area contributed by atoms with Crippen molar-refractivity contribution in [1.82, 2.24) is 0 Å². The summed E-state index contributed by atoms with van der Waals surface area (Å²) < 4.78 is 0. The molecule has 0 fully saturated rings. The average molecular weight is 202 g/mol. The number of aryl methyl sites for hydroxylation is 1. The van der Waals surface area contributed by atoms with Crippen molar-refractivity contribution in [1.29, 1.82) is 0 Å². The van der Waals surface area contributed by atoms with Gasteiger partial charge in [0.25, 0.3) is 5.69 Å². The van der Waals surface area contributed by atoms with Gasteiger partial charge in [-0.2, -0.15) is 0 Å². The third-order valence-electron chi connectivity index (χ3n) is 2.45. The maximum absolute atomic E-state index is 10.8. The van der Waals surface area contributed by atoms with Crippen LogP contribution in [0.15, 0.2) is 30.3 Å². The van der Waals surface area contributed by atoms with Gasteiger partial charge < -0.3 is 5.73 Å². The van der Waals surface area contributed by atoms with Crippen LogP contribution in [0.2, 0.25) is 0 Å². The standard InChI is InChI=1S/C11H10N2O2/c1-7-3-2-4-8-10(13(14)15)6-5-9(12)11(7)8/h2-6H,12H2,1H3. The Labute approximate surface area is 86.5 Å². The quantitative estimate of drug-likeness (QED) is 0.439. The smallest absolute Gasteiger partial charge is 0.277 e. The summed E-state index contributed by atoms with van der Waals surface area (Å²) in [6.07, 6.45) is 0. The molecule has 0 aliphatic carbocycles. The summed E-state index contributed by atoms with van der Waals surface area (Å²) in [4.78, 5) is 10.4. The molecule has 4 heteroatoms. The number of nitro groups is 1. The van der Waals surface area contributed by atoms with Crippen molar-refractivity contribution in [3.05, 3.63) is 46.0 Å². The number of rotatable bonds is 1. The zero-order valence-corrected chi connectivity index (χ0v) is 8.23. The summed E-state index contributed by atoms with van der Waals surface area (Å²) in [5, 5.41) is 12.2. The monoisotopic (exact) mass is 202 g/mol. The Kier molecular flexibility index (Phi) is 2.04. The van der Waals surface area contributed by atoms with Gasteiger partial charge in [-0.25, -0.2) is 0 Å². The number of nitrogens with two attached hydrogens (primary N) is 1. The van der Waals surface area contributed by atoms with E-state index in [0.29, 0.717) is 11.1 Å². The second-order valence-electron chi connectivity index (χ2n) is 3.43. The molecule has 0 bridgehead atoms. The molecule has 0 saturated carbocycles. The van der Waals surface area contributed by atoms with Gasteiger partial charge in [0.15, 0.2) is 0 Å². The third kappa shape index (κ3) is 1.40. The molecule has 15 heavy (non-hydrogen) atoms. The number of hydrogen-bond donors (Lipinski definition) is 1. The molecule has 0 atom stereocenters. The largest absolute Gasteiger partial charge is 0.398 e. The van der Waals surface area contributed by atoms with E-state index in [4.69, 9.17) is 5.73 Å². The summed E-state index contributed by atoms with van der Waals surface area (Å²) in [6, 6.07) is 8.42. The van der Waals surface area contributed by atoms with E-state index in [-0.39, 0.29) is 10.6 Å². The Morgan fingerprint density at radius 2 is 2.00 bits per heavy atom. The fourth-order valence-corrected chi connectivity index (χ4v) is 1.77. The first kappa shape index (κ1) is 9.45. The van der Waals surface area contributed by atoms with E-state index in [1.807, 2.05) is 13.0 Å². The van der Waals surface area contributed by atoms with E-state index in [1.54, 1.807) is 18.2 Å². The minimum atomic E-state index is -0.388. The van der Waals surface area contributed by atoms with Crippen molar-refractivity contribution in [2.45, 2.75) is 6.92 Å². The van der Waals surface area contributed by atoms with Crippen molar-refractivity contribution >= 4 is 22.1 Å². The number of fused-ring (bicyclic) bond motifs is 1. The first-order valence-corrected chi connectivity index (χ1v) is 4.53. The second-order valence-corrected chi connectivity index (χ2v) is 3.43. The number of hydrogen-bond acceptors (Lipinski definition) is 3. The topological polar surface area (TPSA) is 69.2 Å². The van der Waals surface area contributed by atoms with Crippen LogP contribution < -0.4 is 5.73 Å². The summed E-state index contributed by atoms with van der Waals surface area (Å²) in [6.45, 7) is 1.89. The van der Waals surface area contributed by atoms with Crippen molar-refractivity contribution in [2.75, 3.05) is 5.73 Å². The molecular formula is C11H10N2O2. The summed E-state index contributed by atoms with van der Waals surface area (Å²) in [5.74, 6) is 0. The van der Waals surface area contributed by atoms with Crippen molar-refractivity contribution in [3.63, 3.8) is 0 Å². The molecule has 0 unspecified atom stereocenters. The van der Waals surface area contributed by atoms with E-state index in [0.717, 1.165) is 10.9 Å². The summed E-state index contributed by atoms with van der Waals surface area (Å²) in [5.41, 5.74) is 7.43. The second kappa shape index (κ2) is 3.24. The van der Waals surface area contributed by atoms with Gasteiger partial charge in [0.1, 0.15) is 0 Å². The van der Waals surface area contributed by atoms with Gasteiger partial charge in [-0.05, 0) is 24.6 Å². The molecule has 2 N–H and O–H groups in total. The van der Waals surface area contributed by atoms with E-state index >= 15 is 0 Å². The maximum atomic E-state index is 10.8. The van der Waals surface area contributed by atoms with Gasteiger partial charge >= 0.3 is 0 Å². The van der Waals surface area contributed by atoms with Crippen LogP contribution in [0.3, 0.4) is 0 Å². The van der Waals surface area contributed by atoms with Crippen LogP contribution in [0.25, 0.3) is 10.8 Å². The lowest BCUT2D eigenvalue weighted by Gasteiger charge is -2.05. The Balaban J connectivity index is 2.95. The van der Waals surface area contributed by atoms with Crippen LogP contribution in [-0.4, -0.2) is 4.92 Å². The van der Waals surface area contributed by atoms with Crippen LogP contribution in [0.4, 0.5) is 11.4 Å². The predicted molar refractivity (Wildman–Crippen MR) is 59.8 cm³/mol. The maximum Gasteiger partial charge on any atom is 0.277 e. The number of non-ortho nitro benzene ring substituents is 1. The minimum absolute atomic E-state index is 0.0999. The highest BCUT2D eigenvalue weighted by Crippen LogP contribution is 2.31. The predicted octanol–water partition coefficient (Wildman–Crippen LogP) is 2.64. The SMILES string of the molecule is Cc1cccc2c([N+](=O)[O-])ccc(N)c12. The lowest BCUT2D eigenvalue weighted by atomic mass is 10.0. The van der Waals surface area contributed by atoms with E-state index in [2.05, 4.69) is 0 Å². The van der Waals surface area contributed by atoms with E-state index < -0.39 is 0 Å². The highest BCUT2D eigenvalue weighted by Gasteiger charge is 2.13. The number of nitro benzene ring substituents is 1. The molecule has 2 aromatic carbocycles. The molecule has 0 radical (unpaired) electrons. The Morgan fingerprint density at radius 3 is 2.67 bits per heavy atom. The van der Waals surface area contributed by atoms with Gasteiger partial charge in [0.05, 0.1) is 10.3 Å². The molecule has 0 amide bonds. The Hall–Kier alpha value is -2.10. The van der Waals surface area contributed by atoms with E-state index in [1.165, 1.54) is 6.07 Å². The highest BCUT2D eigenvalue weighted by atomic mass is 16.6. The Morgan fingerprint density at radius 1 is 1.27 bits per heavy atom. The first-order valence-electron chi connectivity index (χ1n) is 4.53. The van der Waals surface area contributed by atoms with Gasteiger partial charge in [0.2, 0.25) is 0 Å². The Bertz CT molecular complexity index is 541. The average Bonchev–Trinajstić information content (AvgIpc) is 2.17. The number of anilines is 1. The van der Waals surface area contributed by atoms with Gasteiger partial charge in [-0.3, -0.25) is 10.1 Å². The normalized spacial score (nSPS) is 10.5. The molecule has 76 valence electrons. The number of nitrogen functional groups attached to an aromatic ring is 1. The molecule has 4 nitrogen and oxygen atoms in total. The van der Waals surface area contributed by atoms with Crippen molar-refractivity contribution < 1.29 is 4.92 Å². The summed E-state index contributed by atoms with van der Waals surface area (Å²) >= 11 is 0. The van der Waals surface area contributed by atoms with Crippen LogP contribution in [0, 0.1) is 17.0 Å². The zero-order chi connectivity index (χ0) is 11.0. The summed E-state index contributed by atoms with van der Waals surface area (Å²) in [7, 11) is 0. The van der Waals surface area contributed by atoms with Gasteiger partial charge in [-0.15, -0.1) is 0 Å². The number of benzene rings is 2. The van der Waals surface area contributed by atoms with Crippen LogP contribution in [-0.2, 0) is 0 Å². The van der Waals surface area contributed by atoms with Crippen LogP contribution >= 0.6 is 0 Å². The zero-order valence-electron chi connectivity index (χ0n) is 8.23. The van der Waals surface area contributed by atoms with E-state index in [9.17, 15) is 10.1 Å². The number of nitrogens with zero attached hydrogens (tertiary/aromatic N) is 1. The molecular weight excluding hydrogens is 192 g/mol. The van der Waals surface area contributed by atoms with Gasteiger partial charge in [0, 0.05) is 17.1 Å².